The van der Waals surface area contributed by atoms with E-state index in [0.29, 0.717) is 0 Å². The molecule has 1 N–H and O–H groups in total. The Bertz CT molecular complexity index is 450. The van der Waals surface area contributed by atoms with E-state index in [1.54, 1.807) is 11.3 Å². The van der Waals surface area contributed by atoms with Crippen LogP contribution in [0.4, 0.5) is 0 Å². The average Bonchev–Trinajstić information content (AvgIpc) is 2.67. The molecule has 0 atom stereocenters. The molecule has 78 valence electrons. The van der Waals surface area contributed by atoms with Crippen molar-refractivity contribution in [3.8, 4) is 11.1 Å². The van der Waals surface area contributed by atoms with Crippen LogP contribution >= 0.6 is 27.3 Å². The number of benzene rings is 1. The first kappa shape index (κ1) is 10.9. The summed E-state index contributed by atoms with van der Waals surface area (Å²) in [5.41, 5.74) is 2.56. The molecule has 0 amide bonds. The topological polar surface area (TPSA) is 12.0 Å². The number of hydrogen-bond donors (Lipinski definition) is 1. The van der Waals surface area contributed by atoms with Gasteiger partial charge < -0.3 is 5.32 Å². The predicted molar refractivity (Wildman–Crippen MR) is 70.2 cm³/mol. The number of hydrogen-bond acceptors (Lipinski definition) is 2. The molecule has 2 rings (SSSR count). The maximum atomic E-state index is 3.49. The molecule has 0 radical (unpaired) electrons. The molecule has 0 unspecified atom stereocenters. The fourth-order valence-electron chi connectivity index (χ4n) is 1.47. The lowest BCUT2D eigenvalue weighted by molar-refractivity contribution is 0.831. The van der Waals surface area contributed by atoms with Gasteiger partial charge in [0.25, 0.3) is 0 Å². The Labute approximate surface area is 102 Å². The van der Waals surface area contributed by atoms with Crippen LogP contribution in [0.15, 0.2) is 40.2 Å². The highest BCUT2D eigenvalue weighted by molar-refractivity contribution is 9.10. The molecule has 15 heavy (non-hydrogen) atoms. The van der Waals surface area contributed by atoms with Crippen molar-refractivity contribution < 1.29 is 0 Å². The monoisotopic (exact) mass is 281 g/mol. The Morgan fingerprint density at radius 3 is 2.87 bits per heavy atom. The van der Waals surface area contributed by atoms with Crippen LogP contribution in [0.2, 0.25) is 0 Å². The van der Waals surface area contributed by atoms with Crippen molar-refractivity contribution in [1.29, 1.82) is 0 Å². The van der Waals surface area contributed by atoms with Crippen LogP contribution in [0.5, 0.6) is 0 Å². The van der Waals surface area contributed by atoms with Crippen LogP contribution in [-0.4, -0.2) is 7.05 Å². The van der Waals surface area contributed by atoms with Gasteiger partial charge in [-0.1, -0.05) is 28.1 Å². The lowest BCUT2D eigenvalue weighted by Gasteiger charge is -1.97. The third-order valence-electron chi connectivity index (χ3n) is 2.16. The number of nitrogens with one attached hydrogen (secondary N) is 1. The van der Waals surface area contributed by atoms with Crippen molar-refractivity contribution in [2.75, 3.05) is 7.05 Å². The van der Waals surface area contributed by atoms with E-state index in [0.717, 1.165) is 11.0 Å². The maximum absolute atomic E-state index is 3.49. The summed E-state index contributed by atoms with van der Waals surface area (Å²) in [6.07, 6.45) is 0. The Balaban J connectivity index is 2.29. The summed E-state index contributed by atoms with van der Waals surface area (Å²) in [6.45, 7) is 0.943. The zero-order chi connectivity index (χ0) is 10.7. The lowest BCUT2D eigenvalue weighted by atomic mass is 10.1. The van der Waals surface area contributed by atoms with Gasteiger partial charge in [-0.05, 0) is 41.8 Å². The van der Waals surface area contributed by atoms with E-state index < -0.39 is 0 Å². The highest BCUT2D eigenvalue weighted by atomic mass is 79.9. The zero-order valence-electron chi connectivity index (χ0n) is 8.46. The molecule has 0 aliphatic rings. The molecule has 2 aromatic rings. The molecule has 0 spiro atoms. The minimum absolute atomic E-state index is 0.943. The fraction of sp³-hybridized carbons (Fsp3) is 0.167. The second kappa shape index (κ2) is 4.92. The number of thiophene rings is 1. The van der Waals surface area contributed by atoms with Gasteiger partial charge in [-0.15, -0.1) is 11.3 Å². The van der Waals surface area contributed by atoms with E-state index in [2.05, 4.69) is 50.9 Å². The molecule has 1 aromatic carbocycles. The standard InChI is InChI=1S/C12H12BrNS/c1-14-7-12-6-10(8-15-12)9-3-2-4-11(13)5-9/h2-6,8,14H,7H2,1H3. The van der Waals surface area contributed by atoms with Crippen LogP contribution in [-0.2, 0) is 6.54 Å². The molecule has 0 saturated heterocycles. The zero-order valence-corrected chi connectivity index (χ0v) is 10.9. The van der Waals surface area contributed by atoms with Crippen LogP contribution in [0.3, 0.4) is 0 Å². The Morgan fingerprint density at radius 1 is 1.27 bits per heavy atom. The van der Waals surface area contributed by atoms with Gasteiger partial charge in [0.1, 0.15) is 0 Å². The first-order chi connectivity index (χ1) is 7.29. The molecule has 0 bridgehead atoms. The minimum Gasteiger partial charge on any atom is -0.315 e. The van der Waals surface area contributed by atoms with E-state index in [1.165, 1.54) is 16.0 Å². The van der Waals surface area contributed by atoms with Crippen molar-refractivity contribution in [3.05, 3.63) is 45.1 Å². The Kier molecular flexibility index (Phi) is 3.57. The van der Waals surface area contributed by atoms with Crippen LogP contribution in [0, 0.1) is 0 Å². The van der Waals surface area contributed by atoms with Crippen molar-refractivity contribution in [2.24, 2.45) is 0 Å². The number of halogens is 1. The molecule has 0 fully saturated rings. The van der Waals surface area contributed by atoms with E-state index in [1.807, 2.05) is 13.1 Å². The molecule has 0 saturated carbocycles. The van der Waals surface area contributed by atoms with E-state index in [-0.39, 0.29) is 0 Å². The summed E-state index contributed by atoms with van der Waals surface area (Å²) in [7, 11) is 1.97. The molecule has 0 aliphatic heterocycles. The van der Waals surface area contributed by atoms with Gasteiger partial charge in [-0.25, -0.2) is 0 Å². The van der Waals surface area contributed by atoms with Gasteiger partial charge >= 0.3 is 0 Å². The van der Waals surface area contributed by atoms with Gasteiger partial charge in [-0.2, -0.15) is 0 Å². The summed E-state index contributed by atoms with van der Waals surface area (Å²) in [6, 6.07) is 10.6. The predicted octanol–water partition coefficient (Wildman–Crippen LogP) is 3.90. The van der Waals surface area contributed by atoms with E-state index in [4.69, 9.17) is 0 Å². The van der Waals surface area contributed by atoms with Gasteiger partial charge in [0.2, 0.25) is 0 Å². The average molecular weight is 282 g/mol. The molecule has 3 heteroatoms. The summed E-state index contributed by atoms with van der Waals surface area (Å²) in [5.74, 6) is 0. The third-order valence-corrected chi connectivity index (χ3v) is 3.59. The second-order valence-electron chi connectivity index (χ2n) is 3.34. The van der Waals surface area contributed by atoms with Gasteiger partial charge in [0, 0.05) is 15.9 Å². The smallest absolute Gasteiger partial charge is 0.0296 e. The van der Waals surface area contributed by atoms with E-state index in [9.17, 15) is 0 Å². The first-order valence-electron chi connectivity index (χ1n) is 4.77. The second-order valence-corrected chi connectivity index (χ2v) is 5.25. The van der Waals surface area contributed by atoms with Crippen LogP contribution in [0.25, 0.3) is 11.1 Å². The highest BCUT2D eigenvalue weighted by Crippen LogP contribution is 2.27. The lowest BCUT2D eigenvalue weighted by Crippen LogP contribution is -2.02. The summed E-state index contributed by atoms with van der Waals surface area (Å²) >= 11 is 5.29. The van der Waals surface area contributed by atoms with Crippen molar-refractivity contribution in [3.63, 3.8) is 0 Å². The Morgan fingerprint density at radius 2 is 2.13 bits per heavy atom. The van der Waals surface area contributed by atoms with Crippen molar-refractivity contribution in [1.82, 2.24) is 5.32 Å². The van der Waals surface area contributed by atoms with Crippen LogP contribution < -0.4 is 5.32 Å². The van der Waals surface area contributed by atoms with E-state index >= 15 is 0 Å². The normalized spacial score (nSPS) is 10.5. The summed E-state index contributed by atoms with van der Waals surface area (Å²) < 4.78 is 1.13. The maximum Gasteiger partial charge on any atom is 0.0296 e. The molecular formula is C12H12BrNS. The SMILES string of the molecule is CNCc1cc(-c2cccc(Br)c2)cs1. The largest absolute Gasteiger partial charge is 0.315 e. The highest BCUT2D eigenvalue weighted by Gasteiger charge is 2.01. The Hall–Kier alpha value is -0.640. The minimum atomic E-state index is 0.943. The quantitative estimate of drug-likeness (QED) is 0.900. The fourth-order valence-corrected chi connectivity index (χ4v) is 2.77. The van der Waals surface area contributed by atoms with Crippen LogP contribution in [0.1, 0.15) is 4.88 Å². The summed E-state index contributed by atoms with van der Waals surface area (Å²) in [5, 5.41) is 5.36. The van der Waals surface area contributed by atoms with Gasteiger partial charge in [0.15, 0.2) is 0 Å². The molecule has 1 nitrogen and oxygen atoms in total. The third kappa shape index (κ3) is 2.68. The van der Waals surface area contributed by atoms with Crippen molar-refractivity contribution in [2.45, 2.75) is 6.54 Å². The summed E-state index contributed by atoms with van der Waals surface area (Å²) in [4.78, 5) is 1.37. The molecule has 1 heterocycles. The molecule has 0 aliphatic carbocycles. The first-order valence-corrected chi connectivity index (χ1v) is 6.45. The molecular weight excluding hydrogens is 270 g/mol. The van der Waals surface area contributed by atoms with Gasteiger partial charge in [-0.3, -0.25) is 0 Å². The molecule has 1 aromatic heterocycles. The van der Waals surface area contributed by atoms with Crippen molar-refractivity contribution >= 4 is 27.3 Å². The van der Waals surface area contributed by atoms with Gasteiger partial charge in [0.05, 0.1) is 0 Å². The number of rotatable bonds is 3.